The van der Waals surface area contributed by atoms with Crippen LogP contribution in [0.15, 0.2) is 29.0 Å². The van der Waals surface area contributed by atoms with Crippen molar-refractivity contribution in [3.8, 4) is 0 Å². The van der Waals surface area contributed by atoms with Crippen LogP contribution in [0.4, 0.5) is 17.3 Å². The topological polar surface area (TPSA) is 49.8 Å². The zero-order chi connectivity index (χ0) is 13.8. The Morgan fingerprint density at radius 2 is 1.74 bits per heavy atom. The molecule has 0 aliphatic carbocycles. The van der Waals surface area contributed by atoms with Crippen LogP contribution >= 0.6 is 15.9 Å². The predicted molar refractivity (Wildman–Crippen MR) is 83.1 cm³/mol. The normalized spacial score (nSPS) is 10.3. The third-order valence-corrected chi connectivity index (χ3v) is 3.20. The van der Waals surface area contributed by atoms with E-state index >= 15 is 0 Å². The van der Waals surface area contributed by atoms with E-state index in [1.807, 2.05) is 6.92 Å². The van der Waals surface area contributed by atoms with Crippen molar-refractivity contribution in [2.24, 2.45) is 0 Å². The van der Waals surface area contributed by atoms with Gasteiger partial charge in [-0.05, 0) is 44.0 Å². The summed E-state index contributed by atoms with van der Waals surface area (Å²) in [7, 11) is 0. The summed E-state index contributed by atoms with van der Waals surface area (Å²) >= 11 is 3.50. The number of aryl methyl sites for hydroxylation is 2. The van der Waals surface area contributed by atoms with Gasteiger partial charge in [-0.15, -0.1) is 0 Å². The lowest BCUT2D eigenvalue weighted by molar-refractivity contribution is 1.12. The molecule has 5 heteroatoms. The minimum absolute atomic E-state index is 0.743. The molecule has 19 heavy (non-hydrogen) atoms. The van der Waals surface area contributed by atoms with E-state index in [1.54, 1.807) is 12.4 Å². The first-order chi connectivity index (χ1) is 9.10. The maximum absolute atomic E-state index is 4.47. The summed E-state index contributed by atoms with van der Waals surface area (Å²) in [6, 6.07) is 4.16. The smallest absolute Gasteiger partial charge is 0.151 e. The predicted octanol–water partition coefficient (Wildman–Crippen LogP) is 4.03. The summed E-state index contributed by atoms with van der Waals surface area (Å²) < 4.78 is 1.08. The zero-order valence-corrected chi connectivity index (χ0v) is 12.9. The number of nitrogens with one attached hydrogen (secondary N) is 2. The molecule has 0 bridgehead atoms. The molecule has 0 radical (unpaired) electrons. The molecule has 0 fully saturated rings. The van der Waals surface area contributed by atoms with Gasteiger partial charge < -0.3 is 10.6 Å². The molecule has 2 N–H and O–H groups in total. The Balaban J connectivity index is 2.28. The Morgan fingerprint density at radius 3 is 2.37 bits per heavy atom. The van der Waals surface area contributed by atoms with Crippen LogP contribution in [0.1, 0.15) is 18.1 Å². The molecule has 1 heterocycles. The van der Waals surface area contributed by atoms with Gasteiger partial charge in [-0.3, -0.25) is 4.98 Å². The second kappa shape index (κ2) is 6.02. The van der Waals surface area contributed by atoms with Crippen LogP contribution in [0.2, 0.25) is 0 Å². The molecule has 0 aliphatic rings. The highest BCUT2D eigenvalue weighted by molar-refractivity contribution is 9.10. The van der Waals surface area contributed by atoms with Gasteiger partial charge in [0, 0.05) is 16.7 Å². The van der Waals surface area contributed by atoms with E-state index in [-0.39, 0.29) is 0 Å². The number of nitrogens with zero attached hydrogens (tertiary/aromatic N) is 2. The van der Waals surface area contributed by atoms with Crippen molar-refractivity contribution in [3.63, 3.8) is 0 Å². The van der Waals surface area contributed by atoms with E-state index in [9.17, 15) is 0 Å². The molecule has 0 saturated carbocycles. The van der Waals surface area contributed by atoms with Gasteiger partial charge in [0.25, 0.3) is 0 Å². The SMILES string of the molecule is CCNc1cncc(Nc2c(C)cc(Br)cc2C)n1. The van der Waals surface area contributed by atoms with Gasteiger partial charge >= 0.3 is 0 Å². The van der Waals surface area contributed by atoms with Gasteiger partial charge in [-0.2, -0.15) is 0 Å². The molecule has 0 amide bonds. The summed E-state index contributed by atoms with van der Waals surface area (Å²) in [4.78, 5) is 8.65. The van der Waals surface area contributed by atoms with Gasteiger partial charge in [-0.1, -0.05) is 15.9 Å². The van der Waals surface area contributed by atoms with E-state index in [0.29, 0.717) is 0 Å². The highest BCUT2D eigenvalue weighted by Crippen LogP contribution is 2.27. The first kappa shape index (κ1) is 13.8. The lowest BCUT2D eigenvalue weighted by atomic mass is 10.1. The lowest BCUT2D eigenvalue weighted by Crippen LogP contribution is -2.03. The molecule has 100 valence electrons. The molecule has 4 nitrogen and oxygen atoms in total. The van der Waals surface area contributed by atoms with Gasteiger partial charge in [0.1, 0.15) is 5.82 Å². The summed E-state index contributed by atoms with van der Waals surface area (Å²) in [5.41, 5.74) is 3.41. The molecule has 2 rings (SSSR count). The number of hydrogen-bond donors (Lipinski definition) is 2. The second-order valence-electron chi connectivity index (χ2n) is 4.36. The minimum atomic E-state index is 0.743. The van der Waals surface area contributed by atoms with Crippen LogP contribution < -0.4 is 10.6 Å². The highest BCUT2D eigenvalue weighted by atomic mass is 79.9. The average Bonchev–Trinajstić information content (AvgIpc) is 2.35. The number of aromatic nitrogens is 2. The van der Waals surface area contributed by atoms with Crippen LogP contribution in [0, 0.1) is 13.8 Å². The molecule has 0 aliphatic heterocycles. The largest absolute Gasteiger partial charge is 0.369 e. The van der Waals surface area contributed by atoms with E-state index in [0.717, 1.165) is 28.3 Å². The Bertz CT molecular complexity index is 560. The fourth-order valence-corrected chi connectivity index (χ4v) is 2.62. The second-order valence-corrected chi connectivity index (χ2v) is 5.28. The minimum Gasteiger partial charge on any atom is -0.369 e. The molecule has 1 aromatic heterocycles. The monoisotopic (exact) mass is 320 g/mol. The molecular weight excluding hydrogens is 304 g/mol. The number of benzene rings is 1. The third kappa shape index (κ3) is 3.44. The van der Waals surface area contributed by atoms with Crippen LogP contribution in [-0.4, -0.2) is 16.5 Å². The number of rotatable bonds is 4. The Morgan fingerprint density at radius 1 is 1.11 bits per heavy atom. The van der Waals surface area contributed by atoms with E-state index in [1.165, 1.54) is 11.1 Å². The lowest BCUT2D eigenvalue weighted by Gasteiger charge is -2.13. The Hall–Kier alpha value is -1.62. The van der Waals surface area contributed by atoms with Gasteiger partial charge in [0.05, 0.1) is 12.4 Å². The van der Waals surface area contributed by atoms with Gasteiger partial charge in [0.2, 0.25) is 0 Å². The van der Waals surface area contributed by atoms with Crippen molar-refractivity contribution in [2.75, 3.05) is 17.2 Å². The van der Waals surface area contributed by atoms with Crippen molar-refractivity contribution in [1.82, 2.24) is 9.97 Å². The summed E-state index contributed by atoms with van der Waals surface area (Å²) in [5.74, 6) is 1.52. The number of anilines is 3. The molecular formula is C14H17BrN4. The fraction of sp³-hybridized carbons (Fsp3) is 0.286. The Kier molecular flexibility index (Phi) is 4.37. The Labute approximate surface area is 121 Å². The maximum atomic E-state index is 4.47. The van der Waals surface area contributed by atoms with Crippen LogP contribution in [0.5, 0.6) is 0 Å². The van der Waals surface area contributed by atoms with Crippen molar-refractivity contribution in [1.29, 1.82) is 0 Å². The molecule has 1 aromatic carbocycles. The first-order valence-electron chi connectivity index (χ1n) is 6.20. The average molecular weight is 321 g/mol. The first-order valence-corrected chi connectivity index (χ1v) is 6.99. The third-order valence-electron chi connectivity index (χ3n) is 2.74. The van der Waals surface area contributed by atoms with Gasteiger partial charge in [0.15, 0.2) is 5.82 Å². The van der Waals surface area contributed by atoms with Gasteiger partial charge in [-0.25, -0.2) is 4.98 Å². The summed E-state index contributed by atoms with van der Waals surface area (Å²) in [6.07, 6.45) is 3.44. The van der Waals surface area contributed by atoms with Crippen molar-refractivity contribution in [3.05, 3.63) is 40.1 Å². The summed E-state index contributed by atoms with van der Waals surface area (Å²) in [6.45, 7) is 7.00. The maximum Gasteiger partial charge on any atom is 0.151 e. The molecule has 0 unspecified atom stereocenters. The zero-order valence-electron chi connectivity index (χ0n) is 11.3. The quantitative estimate of drug-likeness (QED) is 0.892. The standard InChI is InChI=1S/C14H17BrN4/c1-4-17-12-7-16-8-13(18-12)19-14-9(2)5-11(15)6-10(14)3/h5-8H,4H2,1-3H3,(H2,17,18,19). The van der Waals surface area contributed by atoms with Crippen LogP contribution in [0.3, 0.4) is 0 Å². The van der Waals surface area contributed by atoms with Crippen molar-refractivity contribution >= 4 is 33.3 Å². The van der Waals surface area contributed by atoms with E-state index in [4.69, 9.17) is 0 Å². The van der Waals surface area contributed by atoms with Crippen LogP contribution in [0.25, 0.3) is 0 Å². The highest BCUT2D eigenvalue weighted by Gasteiger charge is 2.06. The summed E-state index contributed by atoms with van der Waals surface area (Å²) in [5, 5.41) is 6.48. The van der Waals surface area contributed by atoms with E-state index < -0.39 is 0 Å². The van der Waals surface area contributed by atoms with E-state index in [2.05, 4.69) is 62.5 Å². The fourth-order valence-electron chi connectivity index (χ4n) is 1.93. The van der Waals surface area contributed by atoms with Crippen LogP contribution in [-0.2, 0) is 0 Å². The number of halogens is 1. The molecule has 0 spiro atoms. The molecule has 0 atom stereocenters. The number of hydrogen-bond acceptors (Lipinski definition) is 4. The van der Waals surface area contributed by atoms with Crippen molar-refractivity contribution < 1.29 is 0 Å². The molecule has 2 aromatic rings. The van der Waals surface area contributed by atoms with Crippen molar-refractivity contribution in [2.45, 2.75) is 20.8 Å². The molecule has 0 saturated heterocycles.